The third kappa shape index (κ3) is 3.40. The number of halogens is 2. The van der Waals surface area contributed by atoms with Crippen LogP contribution in [0.15, 0.2) is 36.5 Å². The van der Waals surface area contributed by atoms with Crippen LogP contribution in [0, 0.1) is 11.6 Å². The third-order valence-electron chi connectivity index (χ3n) is 2.69. The van der Waals surface area contributed by atoms with E-state index in [9.17, 15) is 8.78 Å². The van der Waals surface area contributed by atoms with Gasteiger partial charge in [-0.15, -0.1) is 0 Å². The Morgan fingerprint density at radius 1 is 1.11 bits per heavy atom. The van der Waals surface area contributed by atoms with Crippen molar-refractivity contribution in [1.29, 1.82) is 0 Å². The average Bonchev–Trinajstić information content (AvgIpc) is 2.40. The van der Waals surface area contributed by atoms with Crippen LogP contribution in [0.5, 0.6) is 0 Å². The van der Waals surface area contributed by atoms with Gasteiger partial charge >= 0.3 is 0 Å². The van der Waals surface area contributed by atoms with Crippen molar-refractivity contribution >= 4 is 11.5 Å². The number of aromatic nitrogens is 1. The molecule has 0 unspecified atom stereocenters. The standard InChI is InChI=1S/C14H15F2N3/c1-19(2)14-6-4-11(9-18-14)17-8-10-3-5-12(15)13(16)7-10/h3-7,9,17H,8H2,1-2H3. The van der Waals surface area contributed by atoms with Crippen LogP contribution in [0.2, 0.25) is 0 Å². The van der Waals surface area contributed by atoms with E-state index in [0.717, 1.165) is 17.6 Å². The average molecular weight is 263 g/mol. The number of benzene rings is 1. The van der Waals surface area contributed by atoms with Crippen LogP contribution >= 0.6 is 0 Å². The van der Waals surface area contributed by atoms with Crippen molar-refractivity contribution in [3.05, 3.63) is 53.7 Å². The van der Waals surface area contributed by atoms with E-state index in [1.807, 2.05) is 31.1 Å². The molecule has 1 heterocycles. The highest BCUT2D eigenvalue weighted by Crippen LogP contribution is 2.14. The highest BCUT2D eigenvalue weighted by Gasteiger charge is 2.03. The summed E-state index contributed by atoms with van der Waals surface area (Å²) in [4.78, 5) is 6.15. The summed E-state index contributed by atoms with van der Waals surface area (Å²) in [5.74, 6) is -0.806. The van der Waals surface area contributed by atoms with E-state index in [1.165, 1.54) is 6.07 Å². The molecule has 2 rings (SSSR count). The van der Waals surface area contributed by atoms with Crippen molar-refractivity contribution < 1.29 is 8.78 Å². The molecular formula is C14H15F2N3. The molecule has 0 atom stereocenters. The fourth-order valence-electron chi connectivity index (χ4n) is 1.61. The maximum Gasteiger partial charge on any atom is 0.159 e. The first-order valence-electron chi connectivity index (χ1n) is 5.87. The van der Waals surface area contributed by atoms with Crippen LogP contribution in [0.4, 0.5) is 20.3 Å². The van der Waals surface area contributed by atoms with Crippen LogP contribution < -0.4 is 10.2 Å². The Morgan fingerprint density at radius 2 is 1.89 bits per heavy atom. The van der Waals surface area contributed by atoms with E-state index in [4.69, 9.17) is 0 Å². The van der Waals surface area contributed by atoms with Crippen molar-refractivity contribution in [1.82, 2.24) is 4.98 Å². The normalized spacial score (nSPS) is 10.3. The maximum absolute atomic E-state index is 13.0. The molecule has 0 bridgehead atoms. The number of hydrogen-bond acceptors (Lipinski definition) is 3. The van der Waals surface area contributed by atoms with Crippen molar-refractivity contribution in [2.45, 2.75) is 6.54 Å². The Hall–Kier alpha value is -2.17. The van der Waals surface area contributed by atoms with Gasteiger partial charge in [0.1, 0.15) is 5.82 Å². The topological polar surface area (TPSA) is 28.2 Å². The Labute approximate surface area is 110 Å². The van der Waals surface area contributed by atoms with Crippen LogP contribution in [-0.2, 0) is 6.54 Å². The molecule has 0 radical (unpaired) electrons. The first-order valence-corrected chi connectivity index (χ1v) is 5.87. The summed E-state index contributed by atoms with van der Waals surface area (Å²) in [6.45, 7) is 0.417. The lowest BCUT2D eigenvalue weighted by atomic mass is 10.2. The van der Waals surface area contributed by atoms with Gasteiger partial charge in [-0.3, -0.25) is 0 Å². The molecule has 1 aromatic carbocycles. The highest BCUT2D eigenvalue weighted by molar-refractivity contribution is 5.48. The van der Waals surface area contributed by atoms with Gasteiger partial charge in [0.05, 0.1) is 11.9 Å². The predicted octanol–water partition coefficient (Wildman–Crippen LogP) is 3.04. The zero-order valence-corrected chi connectivity index (χ0v) is 10.8. The highest BCUT2D eigenvalue weighted by atomic mass is 19.2. The molecule has 0 fully saturated rings. The number of anilines is 2. The lowest BCUT2D eigenvalue weighted by Gasteiger charge is -2.12. The molecule has 2 aromatic rings. The number of nitrogens with one attached hydrogen (secondary N) is 1. The Bertz CT molecular complexity index is 553. The van der Waals surface area contributed by atoms with E-state index in [2.05, 4.69) is 10.3 Å². The second-order valence-electron chi connectivity index (χ2n) is 4.40. The van der Waals surface area contributed by atoms with Crippen molar-refractivity contribution in [3.8, 4) is 0 Å². The molecule has 0 aliphatic heterocycles. The maximum atomic E-state index is 13.0. The summed E-state index contributed by atoms with van der Waals surface area (Å²) in [7, 11) is 3.83. The van der Waals surface area contributed by atoms with Gasteiger partial charge < -0.3 is 10.2 Å². The van der Waals surface area contributed by atoms with Crippen molar-refractivity contribution in [3.63, 3.8) is 0 Å². The molecule has 0 saturated heterocycles. The SMILES string of the molecule is CN(C)c1ccc(NCc2ccc(F)c(F)c2)cn1. The van der Waals surface area contributed by atoms with Crippen LogP contribution in [-0.4, -0.2) is 19.1 Å². The smallest absolute Gasteiger partial charge is 0.159 e. The molecule has 0 spiro atoms. The zero-order chi connectivity index (χ0) is 13.8. The molecule has 0 aliphatic rings. The Kier molecular flexibility index (Phi) is 3.94. The molecule has 5 heteroatoms. The molecule has 3 nitrogen and oxygen atoms in total. The quantitative estimate of drug-likeness (QED) is 0.919. The van der Waals surface area contributed by atoms with E-state index < -0.39 is 11.6 Å². The summed E-state index contributed by atoms with van der Waals surface area (Å²) < 4.78 is 25.8. The number of nitrogens with zero attached hydrogens (tertiary/aromatic N) is 2. The van der Waals surface area contributed by atoms with Crippen LogP contribution in [0.1, 0.15) is 5.56 Å². The summed E-state index contributed by atoms with van der Waals surface area (Å²) in [6, 6.07) is 7.63. The molecule has 1 aromatic heterocycles. The van der Waals surface area contributed by atoms with Crippen LogP contribution in [0.3, 0.4) is 0 Å². The largest absolute Gasteiger partial charge is 0.380 e. The fraction of sp³-hybridized carbons (Fsp3) is 0.214. The molecule has 0 aliphatic carbocycles. The zero-order valence-electron chi connectivity index (χ0n) is 10.8. The number of pyridine rings is 1. The molecule has 100 valence electrons. The van der Waals surface area contributed by atoms with Gasteiger partial charge in [0.25, 0.3) is 0 Å². The fourth-order valence-corrected chi connectivity index (χ4v) is 1.61. The summed E-state index contributed by atoms with van der Waals surface area (Å²) in [5, 5.41) is 3.10. The molecule has 0 saturated carbocycles. The van der Waals surface area contributed by atoms with Gasteiger partial charge in [0.15, 0.2) is 11.6 Å². The second-order valence-corrected chi connectivity index (χ2v) is 4.40. The number of hydrogen-bond donors (Lipinski definition) is 1. The van der Waals surface area contributed by atoms with Gasteiger partial charge in [-0.05, 0) is 29.8 Å². The minimum atomic E-state index is -0.833. The van der Waals surface area contributed by atoms with E-state index >= 15 is 0 Å². The predicted molar refractivity (Wildman–Crippen MR) is 72.2 cm³/mol. The molecule has 1 N–H and O–H groups in total. The van der Waals surface area contributed by atoms with Gasteiger partial charge in [0, 0.05) is 20.6 Å². The lowest BCUT2D eigenvalue weighted by molar-refractivity contribution is 0.507. The summed E-state index contributed by atoms with van der Waals surface area (Å²) in [6.07, 6.45) is 1.70. The van der Waals surface area contributed by atoms with Crippen molar-refractivity contribution in [2.24, 2.45) is 0 Å². The van der Waals surface area contributed by atoms with Crippen LogP contribution in [0.25, 0.3) is 0 Å². The minimum Gasteiger partial charge on any atom is -0.380 e. The first kappa shape index (κ1) is 13.3. The summed E-state index contributed by atoms with van der Waals surface area (Å²) in [5.41, 5.74) is 1.51. The minimum absolute atomic E-state index is 0.417. The summed E-state index contributed by atoms with van der Waals surface area (Å²) >= 11 is 0. The monoisotopic (exact) mass is 263 g/mol. The van der Waals surface area contributed by atoms with Gasteiger partial charge in [0.2, 0.25) is 0 Å². The van der Waals surface area contributed by atoms with Gasteiger partial charge in [-0.25, -0.2) is 13.8 Å². The van der Waals surface area contributed by atoms with Gasteiger partial charge in [-0.1, -0.05) is 6.07 Å². The second kappa shape index (κ2) is 5.65. The van der Waals surface area contributed by atoms with Crippen molar-refractivity contribution in [2.75, 3.05) is 24.3 Å². The van der Waals surface area contributed by atoms with E-state index in [1.54, 1.807) is 12.3 Å². The first-order chi connectivity index (χ1) is 9.06. The molecule has 19 heavy (non-hydrogen) atoms. The van der Waals surface area contributed by atoms with E-state index in [0.29, 0.717) is 12.1 Å². The number of rotatable bonds is 4. The molecular weight excluding hydrogens is 248 g/mol. The van der Waals surface area contributed by atoms with E-state index in [-0.39, 0.29) is 0 Å². The Morgan fingerprint density at radius 3 is 2.47 bits per heavy atom. The Balaban J connectivity index is 2.00. The lowest BCUT2D eigenvalue weighted by Crippen LogP contribution is -2.10. The molecule has 0 amide bonds. The third-order valence-corrected chi connectivity index (χ3v) is 2.69. The van der Waals surface area contributed by atoms with Gasteiger partial charge in [-0.2, -0.15) is 0 Å².